The molecule has 0 heterocycles. The number of benzene rings is 1. The summed E-state index contributed by atoms with van der Waals surface area (Å²) in [6.45, 7) is 4.22. The number of hydrogen-bond acceptors (Lipinski definition) is 0. The SMILES string of the molecule is Cc1ccc(C)c(C=CBr)c1. The van der Waals surface area contributed by atoms with Gasteiger partial charge in [-0.05, 0) is 36.0 Å². The zero-order valence-corrected chi connectivity index (χ0v) is 8.35. The molecule has 0 saturated carbocycles. The van der Waals surface area contributed by atoms with Crippen molar-refractivity contribution in [2.24, 2.45) is 0 Å². The average Bonchev–Trinajstić information content (AvgIpc) is 1.98. The standard InChI is InChI=1S/C10H11Br/c1-8-3-4-9(2)10(7-8)5-6-11/h3-7H,1-2H3. The number of halogens is 1. The van der Waals surface area contributed by atoms with Crippen molar-refractivity contribution in [3.63, 3.8) is 0 Å². The van der Waals surface area contributed by atoms with Crippen LogP contribution in [-0.2, 0) is 0 Å². The van der Waals surface area contributed by atoms with Crippen LogP contribution >= 0.6 is 15.9 Å². The highest BCUT2D eigenvalue weighted by Crippen LogP contribution is 2.12. The van der Waals surface area contributed by atoms with E-state index in [1.54, 1.807) is 0 Å². The van der Waals surface area contributed by atoms with E-state index < -0.39 is 0 Å². The molecule has 0 bridgehead atoms. The Hall–Kier alpha value is -0.560. The predicted molar refractivity (Wildman–Crippen MR) is 53.9 cm³/mol. The molecule has 0 saturated heterocycles. The van der Waals surface area contributed by atoms with Crippen LogP contribution in [0.1, 0.15) is 16.7 Å². The zero-order chi connectivity index (χ0) is 8.27. The average molecular weight is 211 g/mol. The van der Waals surface area contributed by atoms with E-state index in [2.05, 4.69) is 54.1 Å². The summed E-state index contributed by atoms with van der Waals surface area (Å²) >= 11 is 3.26. The molecule has 58 valence electrons. The van der Waals surface area contributed by atoms with Crippen molar-refractivity contribution in [2.75, 3.05) is 0 Å². The van der Waals surface area contributed by atoms with Gasteiger partial charge in [0, 0.05) is 0 Å². The molecule has 0 aliphatic heterocycles. The van der Waals surface area contributed by atoms with Crippen molar-refractivity contribution >= 4 is 22.0 Å². The largest absolute Gasteiger partial charge is 0.0595 e. The van der Waals surface area contributed by atoms with Crippen LogP contribution in [0, 0.1) is 13.8 Å². The Labute approximate surface area is 76.1 Å². The molecule has 0 aromatic heterocycles. The Bertz CT molecular complexity index is 274. The summed E-state index contributed by atoms with van der Waals surface area (Å²) in [7, 11) is 0. The van der Waals surface area contributed by atoms with Crippen molar-refractivity contribution in [1.82, 2.24) is 0 Å². The molecule has 1 aromatic carbocycles. The maximum absolute atomic E-state index is 3.26. The molecular weight excluding hydrogens is 200 g/mol. The van der Waals surface area contributed by atoms with Crippen LogP contribution in [0.2, 0.25) is 0 Å². The van der Waals surface area contributed by atoms with Crippen LogP contribution in [0.5, 0.6) is 0 Å². The Balaban J connectivity index is 3.12. The van der Waals surface area contributed by atoms with E-state index in [4.69, 9.17) is 0 Å². The molecule has 1 aromatic rings. The normalized spacial score (nSPS) is 10.8. The van der Waals surface area contributed by atoms with Gasteiger partial charge in [0.05, 0.1) is 0 Å². The van der Waals surface area contributed by atoms with Crippen molar-refractivity contribution in [3.05, 3.63) is 39.9 Å². The highest BCUT2D eigenvalue weighted by Gasteiger charge is 1.92. The quantitative estimate of drug-likeness (QED) is 0.664. The summed E-state index contributed by atoms with van der Waals surface area (Å²) in [4.78, 5) is 1.88. The minimum Gasteiger partial charge on any atom is -0.0595 e. The molecule has 0 fully saturated rings. The van der Waals surface area contributed by atoms with Gasteiger partial charge in [-0.25, -0.2) is 0 Å². The van der Waals surface area contributed by atoms with Gasteiger partial charge in [-0.2, -0.15) is 0 Å². The highest BCUT2D eigenvalue weighted by molar-refractivity contribution is 9.11. The maximum atomic E-state index is 3.26. The monoisotopic (exact) mass is 210 g/mol. The van der Waals surface area contributed by atoms with Crippen LogP contribution in [-0.4, -0.2) is 0 Å². The second kappa shape index (κ2) is 3.72. The van der Waals surface area contributed by atoms with Gasteiger partial charge in [0.2, 0.25) is 0 Å². The fraction of sp³-hybridized carbons (Fsp3) is 0.200. The molecule has 0 aliphatic rings. The third-order valence-electron chi connectivity index (χ3n) is 1.68. The lowest BCUT2D eigenvalue weighted by atomic mass is 10.1. The van der Waals surface area contributed by atoms with E-state index in [1.807, 2.05) is 4.99 Å². The fourth-order valence-electron chi connectivity index (χ4n) is 1.01. The summed E-state index contributed by atoms with van der Waals surface area (Å²) in [6, 6.07) is 6.44. The predicted octanol–water partition coefficient (Wildman–Crippen LogP) is 3.67. The van der Waals surface area contributed by atoms with Crippen molar-refractivity contribution in [2.45, 2.75) is 13.8 Å². The van der Waals surface area contributed by atoms with Crippen LogP contribution in [0.3, 0.4) is 0 Å². The molecule has 1 rings (SSSR count). The van der Waals surface area contributed by atoms with Crippen LogP contribution < -0.4 is 0 Å². The first kappa shape index (κ1) is 8.54. The summed E-state index contributed by atoms with van der Waals surface area (Å²) in [5, 5.41) is 0. The van der Waals surface area contributed by atoms with Gasteiger partial charge in [0.15, 0.2) is 0 Å². The minimum atomic E-state index is 1.28. The van der Waals surface area contributed by atoms with E-state index in [9.17, 15) is 0 Å². The molecule has 0 atom stereocenters. The van der Waals surface area contributed by atoms with Gasteiger partial charge in [0.1, 0.15) is 0 Å². The Morgan fingerprint density at radius 3 is 2.64 bits per heavy atom. The Morgan fingerprint density at radius 2 is 2.00 bits per heavy atom. The second-order valence-electron chi connectivity index (χ2n) is 2.65. The van der Waals surface area contributed by atoms with Gasteiger partial charge in [-0.1, -0.05) is 39.7 Å². The van der Waals surface area contributed by atoms with E-state index in [0.29, 0.717) is 0 Å². The lowest BCUT2D eigenvalue weighted by Gasteiger charge is -2.00. The van der Waals surface area contributed by atoms with E-state index in [1.165, 1.54) is 16.7 Å². The Morgan fingerprint density at radius 1 is 1.27 bits per heavy atom. The summed E-state index contributed by atoms with van der Waals surface area (Å²) in [5.74, 6) is 0. The molecule has 1 heteroatoms. The summed E-state index contributed by atoms with van der Waals surface area (Å²) in [6.07, 6.45) is 2.06. The van der Waals surface area contributed by atoms with Gasteiger partial charge >= 0.3 is 0 Å². The zero-order valence-electron chi connectivity index (χ0n) is 6.76. The molecule has 11 heavy (non-hydrogen) atoms. The first-order chi connectivity index (χ1) is 5.24. The van der Waals surface area contributed by atoms with Crippen molar-refractivity contribution in [3.8, 4) is 0 Å². The Kier molecular flexibility index (Phi) is 2.89. The molecular formula is C10H11Br. The van der Waals surface area contributed by atoms with E-state index in [-0.39, 0.29) is 0 Å². The lowest BCUT2D eigenvalue weighted by Crippen LogP contribution is -1.80. The third-order valence-corrected chi connectivity index (χ3v) is 1.94. The minimum absolute atomic E-state index is 1.28. The topological polar surface area (TPSA) is 0 Å². The first-order valence-electron chi connectivity index (χ1n) is 3.58. The molecule has 0 aliphatic carbocycles. The molecule has 0 spiro atoms. The molecule has 0 radical (unpaired) electrons. The van der Waals surface area contributed by atoms with Gasteiger partial charge in [-0.15, -0.1) is 0 Å². The van der Waals surface area contributed by atoms with E-state index in [0.717, 1.165) is 0 Å². The number of hydrogen-bond donors (Lipinski definition) is 0. The number of aryl methyl sites for hydroxylation is 2. The third kappa shape index (κ3) is 2.19. The van der Waals surface area contributed by atoms with Crippen LogP contribution in [0.4, 0.5) is 0 Å². The number of rotatable bonds is 1. The summed E-state index contributed by atoms with van der Waals surface area (Å²) < 4.78 is 0. The molecule has 0 amide bonds. The van der Waals surface area contributed by atoms with Crippen LogP contribution in [0.15, 0.2) is 23.2 Å². The van der Waals surface area contributed by atoms with Crippen molar-refractivity contribution in [1.29, 1.82) is 0 Å². The maximum Gasteiger partial charge on any atom is -0.0183 e. The summed E-state index contributed by atoms with van der Waals surface area (Å²) in [5.41, 5.74) is 3.89. The smallest absolute Gasteiger partial charge is 0.0183 e. The van der Waals surface area contributed by atoms with Gasteiger partial charge < -0.3 is 0 Å². The molecule has 0 unspecified atom stereocenters. The van der Waals surface area contributed by atoms with E-state index >= 15 is 0 Å². The first-order valence-corrected chi connectivity index (χ1v) is 4.49. The molecule has 0 nitrogen and oxygen atoms in total. The fourth-order valence-corrected chi connectivity index (χ4v) is 1.29. The van der Waals surface area contributed by atoms with Gasteiger partial charge in [0.25, 0.3) is 0 Å². The van der Waals surface area contributed by atoms with Crippen LogP contribution in [0.25, 0.3) is 6.08 Å². The molecule has 0 N–H and O–H groups in total. The lowest BCUT2D eigenvalue weighted by molar-refractivity contribution is 1.38. The second-order valence-corrected chi connectivity index (χ2v) is 3.18. The van der Waals surface area contributed by atoms with Crippen molar-refractivity contribution < 1.29 is 0 Å². The highest BCUT2D eigenvalue weighted by atomic mass is 79.9. The van der Waals surface area contributed by atoms with Gasteiger partial charge in [-0.3, -0.25) is 0 Å².